The Labute approximate surface area is 134 Å². The summed E-state index contributed by atoms with van der Waals surface area (Å²) in [6, 6.07) is 6.91. The van der Waals surface area contributed by atoms with Gasteiger partial charge in [-0.25, -0.2) is 0 Å². The lowest BCUT2D eigenvalue weighted by Gasteiger charge is -2.50. The molecule has 0 aromatic heterocycles. The Morgan fingerprint density at radius 2 is 2.00 bits per heavy atom. The van der Waals surface area contributed by atoms with Gasteiger partial charge in [-0.2, -0.15) is 0 Å². The average molecular weight is 296 g/mol. The number of fused-ring (bicyclic) bond motifs is 5. The van der Waals surface area contributed by atoms with Gasteiger partial charge in [-0.05, 0) is 92.2 Å². The zero-order valence-electron chi connectivity index (χ0n) is 14.2. The molecule has 3 aliphatic carbocycles. The fourth-order valence-corrected chi connectivity index (χ4v) is 6.47. The number of hydrogen-bond acceptors (Lipinski definition) is 1. The molecule has 2 fully saturated rings. The molecule has 22 heavy (non-hydrogen) atoms. The van der Waals surface area contributed by atoms with Gasteiger partial charge in [-0.3, -0.25) is 4.79 Å². The first-order chi connectivity index (χ1) is 10.5. The van der Waals surface area contributed by atoms with E-state index in [1.807, 2.05) is 6.92 Å². The zero-order chi connectivity index (χ0) is 15.5. The highest BCUT2D eigenvalue weighted by atomic mass is 16.1. The van der Waals surface area contributed by atoms with Gasteiger partial charge in [0.05, 0.1) is 0 Å². The van der Waals surface area contributed by atoms with Crippen LogP contribution in [0.3, 0.4) is 0 Å². The molecule has 1 aromatic carbocycles. The number of rotatable bonds is 1. The summed E-state index contributed by atoms with van der Waals surface area (Å²) in [5, 5.41) is 0. The second kappa shape index (κ2) is 4.94. The van der Waals surface area contributed by atoms with Gasteiger partial charge < -0.3 is 0 Å². The lowest BCUT2D eigenvalue weighted by Crippen LogP contribution is -2.43. The Morgan fingerprint density at radius 1 is 1.18 bits per heavy atom. The molecule has 0 heterocycles. The molecule has 0 aliphatic heterocycles. The monoisotopic (exact) mass is 296 g/mol. The van der Waals surface area contributed by atoms with Crippen molar-refractivity contribution in [3.63, 3.8) is 0 Å². The lowest BCUT2D eigenvalue weighted by molar-refractivity contribution is -0.125. The first-order valence-corrected chi connectivity index (χ1v) is 9.11. The van der Waals surface area contributed by atoms with E-state index in [0.29, 0.717) is 11.7 Å². The van der Waals surface area contributed by atoms with Crippen molar-refractivity contribution in [2.24, 2.45) is 23.2 Å². The minimum absolute atomic E-state index is 0.286. The van der Waals surface area contributed by atoms with E-state index < -0.39 is 0 Å². The summed E-state index contributed by atoms with van der Waals surface area (Å²) in [6.45, 7) is 6.52. The molecule has 2 saturated carbocycles. The van der Waals surface area contributed by atoms with Crippen LogP contribution in [0.1, 0.15) is 68.6 Å². The zero-order valence-corrected chi connectivity index (χ0v) is 14.2. The van der Waals surface area contributed by atoms with E-state index in [2.05, 4.69) is 32.0 Å². The maximum Gasteiger partial charge on any atom is 0.133 e. The molecule has 0 bridgehead atoms. The summed E-state index contributed by atoms with van der Waals surface area (Å²) in [5.74, 6) is 3.12. The van der Waals surface area contributed by atoms with Crippen LogP contribution in [0.25, 0.3) is 0 Å². The molecule has 0 spiro atoms. The van der Waals surface area contributed by atoms with Crippen LogP contribution < -0.4 is 0 Å². The molecule has 0 radical (unpaired) electrons. The van der Waals surface area contributed by atoms with Crippen LogP contribution in [0.4, 0.5) is 0 Å². The van der Waals surface area contributed by atoms with Gasteiger partial charge in [0.1, 0.15) is 5.78 Å². The molecule has 0 N–H and O–H groups in total. The number of aryl methyl sites for hydroxylation is 1. The van der Waals surface area contributed by atoms with Crippen molar-refractivity contribution in [3.05, 3.63) is 34.9 Å². The molecular formula is C21H28O. The van der Waals surface area contributed by atoms with Crippen LogP contribution >= 0.6 is 0 Å². The molecule has 0 unspecified atom stereocenters. The third-order valence-electron chi connectivity index (χ3n) is 7.50. The molecule has 1 aromatic rings. The second-order valence-electron chi connectivity index (χ2n) is 8.34. The molecule has 4 rings (SSSR count). The predicted octanol–water partition coefficient (Wildman–Crippen LogP) is 5.06. The predicted molar refractivity (Wildman–Crippen MR) is 90.0 cm³/mol. The molecule has 1 heteroatoms. The fraction of sp³-hybridized carbons (Fsp3) is 0.667. The van der Waals surface area contributed by atoms with Gasteiger partial charge in [-0.1, -0.05) is 25.1 Å². The van der Waals surface area contributed by atoms with Gasteiger partial charge >= 0.3 is 0 Å². The molecular weight excluding hydrogens is 268 g/mol. The lowest BCUT2D eigenvalue weighted by atomic mass is 9.53. The standard InChI is InChI=1S/C21H28O/c1-13-5-4-6-16-15(13)7-8-18-17(16)11-12-21(3)19(14(2)22)9-10-20(18)21/h4-6,17-20H,7-12H2,1-3H3/t17-,18-,19-,20+,21-/m1/s1. The van der Waals surface area contributed by atoms with Crippen molar-refractivity contribution < 1.29 is 4.79 Å². The van der Waals surface area contributed by atoms with Gasteiger partial charge in [0.15, 0.2) is 0 Å². The number of hydrogen-bond donors (Lipinski definition) is 0. The fourth-order valence-electron chi connectivity index (χ4n) is 6.47. The van der Waals surface area contributed by atoms with Crippen molar-refractivity contribution in [2.45, 2.75) is 65.2 Å². The Bertz CT molecular complexity index is 616. The van der Waals surface area contributed by atoms with Crippen LogP contribution in [0.2, 0.25) is 0 Å². The highest BCUT2D eigenvalue weighted by Gasteiger charge is 2.55. The van der Waals surface area contributed by atoms with E-state index in [1.165, 1.54) is 37.7 Å². The molecule has 118 valence electrons. The number of benzene rings is 1. The van der Waals surface area contributed by atoms with Crippen molar-refractivity contribution in [1.29, 1.82) is 0 Å². The number of ketones is 1. The van der Waals surface area contributed by atoms with E-state index in [0.717, 1.165) is 24.2 Å². The maximum atomic E-state index is 12.1. The smallest absolute Gasteiger partial charge is 0.133 e. The SMILES string of the molecule is CC(=O)[C@H]1CC[C@H]2[C@@H]3CCc4c(C)cccc4[C@H]3CC[C@]12C. The van der Waals surface area contributed by atoms with Crippen molar-refractivity contribution in [1.82, 2.24) is 0 Å². The second-order valence-corrected chi connectivity index (χ2v) is 8.34. The van der Waals surface area contributed by atoms with Crippen molar-refractivity contribution in [2.75, 3.05) is 0 Å². The number of carbonyl (C=O) groups excluding carboxylic acids is 1. The Kier molecular flexibility index (Phi) is 3.25. The summed E-state index contributed by atoms with van der Waals surface area (Å²) in [6.07, 6.45) is 7.55. The number of carbonyl (C=O) groups is 1. The van der Waals surface area contributed by atoms with Crippen LogP contribution in [0.5, 0.6) is 0 Å². The summed E-state index contributed by atoms with van der Waals surface area (Å²) in [5.41, 5.74) is 5.05. The van der Waals surface area contributed by atoms with Gasteiger partial charge in [0.25, 0.3) is 0 Å². The first-order valence-electron chi connectivity index (χ1n) is 9.11. The summed E-state index contributed by atoms with van der Waals surface area (Å²) < 4.78 is 0. The molecule has 0 saturated heterocycles. The Balaban J connectivity index is 1.70. The molecule has 3 aliphatic rings. The van der Waals surface area contributed by atoms with Crippen molar-refractivity contribution >= 4 is 5.78 Å². The van der Waals surface area contributed by atoms with Gasteiger partial charge in [0, 0.05) is 5.92 Å². The normalized spacial score (nSPS) is 39.8. The van der Waals surface area contributed by atoms with E-state index in [4.69, 9.17) is 0 Å². The highest BCUT2D eigenvalue weighted by Crippen LogP contribution is 2.63. The largest absolute Gasteiger partial charge is 0.300 e. The molecule has 1 nitrogen and oxygen atoms in total. The minimum atomic E-state index is 0.286. The summed E-state index contributed by atoms with van der Waals surface area (Å²) >= 11 is 0. The quantitative estimate of drug-likeness (QED) is 0.708. The van der Waals surface area contributed by atoms with E-state index in [9.17, 15) is 4.79 Å². The minimum Gasteiger partial charge on any atom is -0.300 e. The first kappa shape index (κ1) is 14.5. The van der Waals surface area contributed by atoms with E-state index in [1.54, 1.807) is 11.1 Å². The summed E-state index contributed by atoms with van der Waals surface area (Å²) in [4.78, 5) is 12.1. The Morgan fingerprint density at radius 3 is 2.77 bits per heavy atom. The van der Waals surface area contributed by atoms with Crippen molar-refractivity contribution in [3.8, 4) is 0 Å². The van der Waals surface area contributed by atoms with E-state index >= 15 is 0 Å². The van der Waals surface area contributed by atoms with Crippen LogP contribution in [0, 0.1) is 30.1 Å². The third kappa shape index (κ3) is 1.87. The van der Waals surface area contributed by atoms with Gasteiger partial charge in [-0.15, -0.1) is 0 Å². The summed E-state index contributed by atoms with van der Waals surface area (Å²) in [7, 11) is 0. The molecule has 5 atom stereocenters. The van der Waals surface area contributed by atoms with Crippen LogP contribution in [0.15, 0.2) is 18.2 Å². The maximum absolute atomic E-state index is 12.1. The van der Waals surface area contributed by atoms with Crippen LogP contribution in [-0.4, -0.2) is 5.78 Å². The third-order valence-corrected chi connectivity index (χ3v) is 7.50. The molecule has 0 amide bonds. The topological polar surface area (TPSA) is 17.1 Å². The van der Waals surface area contributed by atoms with E-state index in [-0.39, 0.29) is 5.41 Å². The average Bonchev–Trinajstić information content (AvgIpc) is 2.84. The Hall–Kier alpha value is -1.11. The number of Topliss-reactive ketones (excluding diaryl/α,β-unsaturated/α-hetero) is 1. The van der Waals surface area contributed by atoms with Gasteiger partial charge in [0.2, 0.25) is 0 Å². The van der Waals surface area contributed by atoms with Crippen LogP contribution in [-0.2, 0) is 11.2 Å². The highest BCUT2D eigenvalue weighted by molar-refractivity contribution is 5.79.